The zero-order chi connectivity index (χ0) is 13.9. The van der Waals surface area contributed by atoms with Gasteiger partial charge in [-0.05, 0) is 30.9 Å². The summed E-state index contributed by atoms with van der Waals surface area (Å²) in [4.78, 5) is 11.6. The summed E-state index contributed by atoms with van der Waals surface area (Å²) >= 11 is 0. The summed E-state index contributed by atoms with van der Waals surface area (Å²) < 4.78 is 18.4. The molecule has 104 valence electrons. The van der Waals surface area contributed by atoms with Crippen LogP contribution in [0, 0.1) is 17.7 Å². The Morgan fingerprint density at radius 2 is 2.30 bits per heavy atom. The standard InChI is InChI=1S/C15H15FN2O2/c16-12-6-1-2-7-14(12)20-9-15(19)18-17-13-8-10-4-3-5-11(10)13/h1-4,6-7,10-11H,5,8-9H2,(H,18,19)/b17-13-/t10-,11+/m0/s1. The first-order valence-electron chi connectivity index (χ1n) is 6.63. The third kappa shape index (κ3) is 2.57. The molecule has 1 aromatic rings. The van der Waals surface area contributed by atoms with Crippen LogP contribution in [0.15, 0.2) is 41.5 Å². The molecule has 1 amide bonds. The van der Waals surface area contributed by atoms with Crippen molar-refractivity contribution in [3.8, 4) is 5.75 Å². The summed E-state index contributed by atoms with van der Waals surface area (Å²) in [6.07, 6.45) is 6.27. The van der Waals surface area contributed by atoms with E-state index in [2.05, 4.69) is 22.7 Å². The molecule has 0 saturated heterocycles. The van der Waals surface area contributed by atoms with Crippen molar-refractivity contribution in [3.05, 3.63) is 42.2 Å². The normalized spacial score (nSPS) is 25.1. The fraction of sp³-hybridized carbons (Fsp3) is 0.333. The Hall–Kier alpha value is -2.17. The van der Waals surface area contributed by atoms with Crippen molar-refractivity contribution in [1.82, 2.24) is 5.43 Å². The van der Waals surface area contributed by atoms with Gasteiger partial charge >= 0.3 is 0 Å². The van der Waals surface area contributed by atoms with E-state index in [1.54, 1.807) is 12.1 Å². The van der Waals surface area contributed by atoms with Gasteiger partial charge < -0.3 is 4.74 Å². The van der Waals surface area contributed by atoms with E-state index in [9.17, 15) is 9.18 Å². The molecule has 20 heavy (non-hydrogen) atoms. The molecule has 0 radical (unpaired) electrons. The molecule has 0 unspecified atom stereocenters. The number of nitrogens with zero attached hydrogens (tertiary/aromatic N) is 1. The molecule has 0 heterocycles. The van der Waals surface area contributed by atoms with Gasteiger partial charge in [0.25, 0.3) is 5.91 Å². The Labute approximate surface area is 116 Å². The number of allylic oxidation sites excluding steroid dienone is 2. The molecule has 2 aliphatic carbocycles. The molecule has 1 fully saturated rings. The van der Waals surface area contributed by atoms with Crippen LogP contribution >= 0.6 is 0 Å². The zero-order valence-electron chi connectivity index (χ0n) is 10.9. The second kappa shape index (κ2) is 5.45. The lowest BCUT2D eigenvalue weighted by Gasteiger charge is -2.31. The quantitative estimate of drug-likeness (QED) is 0.676. The second-order valence-corrected chi connectivity index (χ2v) is 5.00. The summed E-state index contributed by atoms with van der Waals surface area (Å²) in [5.74, 6) is 0.266. The number of amides is 1. The van der Waals surface area contributed by atoms with Gasteiger partial charge in [0.15, 0.2) is 18.2 Å². The molecule has 2 aliphatic rings. The van der Waals surface area contributed by atoms with Crippen molar-refractivity contribution in [1.29, 1.82) is 0 Å². The number of carbonyl (C=O) groups excluding carboxylic acids is 1. The Morgan fingerprint density at radius 1 is 1.45 bits per heavy atom. The predicted molar refractivity (Wildman–Crippen MR) is 72.8 cm³/mol. The van der Waals surface area contributed by atoms with Gasteiger partial charge in [-0.3, -0.25) is 4.79 Å². The van der Waals surface area contributed by atoms with Crippen LogP contribution in [-0.4, -0.2) is 18.2 Å². The molecule has 4 nitrogen and oxygen atoms in total. The Bertz CT molecular complexity index is 583. The van der Waals surface area contributed by atoms with E-state index >= 15 is 0 Å². The molecule has 5 heteroatoms. The van der Waals surface area contributed by atoms with Crippen LogP contribution in [0.5, 0.6) is 5.75 Å². The number of fused-ring (bicyclic) bond motifs is 1. The predicted octanol–water partition coefficient (Wildman–Crippen LogP) is 2.27. The number of benzene rings is 1. The Kier molecular flexibility index (Phi) is 3.50. The molecule has 0 aliphatic heterocycles. The average molecular weight is 274 g/mol. The number of carbonyl (C=O) groups is 1. The van der Waals surface area contributed by atoms with Crippen LogP contribution in [0.4, 0.5) is 4.39 Å². The molecule has 3 rings (SSSR count). The molecule has 0 bridgehead atoms. The summed E-state index contributed by atoms with van der Waals surface area (Å²) in [5.41, 5.74) is 3.49. The maximum atomic E-state index is 13.3. The number of hydrogen-bond donors (Lipinski definition) is 1. The fourth-order valence-electron chi connectivity index (χ4n) is 2.53. The minimum absolute atomic E-state index is 0.0685. The van der Waals surface area contributed by atoms with Crippen molar-refractivity contribution in [2.24, 2.45) is 16.9 Å². The summed E-state index contributed by atoms with van der Waals surface area (Å²) in [7, 11) is 0. The number of rotatable bonds is 4. The lowest BCUT2D eigenvalue weighted by molar-refractivity contribution is -0.123. The molecule has 1 saturated carbocycles. The lowest BCUT2D eigenvalue weighted by Crippen LogP contribution is -2.36. The third-order valence-corrected chi connectivity index (χ3v) is 3.68. The van der Waals surface area contributed by atoms with Crippen molar-refractivity contribution in [2.75, 3.05) is 6.61 Å². The molecule has 0 spiro atoms. The van der Waals surface area contributed by atoms with E-state index in [0.717, 1.165) is 18.6 Å². The minimum atomic E-state index is -0.481. The van der Waals surface area contributed by atoms with Crippen LogP contribution in [0.25, 0.3) is 0 Å². The van der Waals surface area contributed by atoms with Gasteiger partial charge in [-0.15, -0.1) is 0 Å². The summed E-state index contributed by atoms with van der Waals surface area (Å²) in [6, 6.07) is 5.99. The maximum absolute atomic E-state index is 13.3. The SMILES string of the molecule is O=C(COc1ccccc1F)N/N=C1/C[C@@H]2C=CC[C@@H]12. The number of ether oxygens (including phenoxy) is 1. The summed E-state index contributed by atoms with van der Waals surface area (Å²) in [6.45, 7) is -0.246. The lowest BCUT2D eigenvalue weighted by atomic mass is 9.74. The zero-order valence-corrected chi connectivity index (χ0v) is 10.9. The maximum Gasteiger partial charge on any atom is 0.277 e. The highest BCUT2D eigenvalue weighted by atomic mass is 19.1. The molecular formula is C15H15FN2O2. The van der Waals surface area contributed by atoms with Gasteiger partial charge in [0, 0.05) is 11.6 Å². The van der Waals surface area contributed by atoms with E-state index in [1.807, 2.05) is 0 Å². The molecule has 0 aromatic heterocycles. The smallest absolute Gasteiger partial charge is 0.277 e. The fourth-order valence-corrected chi connectivity index (χ4v) is 2.53. The minimum Gasteiger partial charge on any atom is -0.481 e. The van der Waals surface area contributed by atoms with E-state index in [4.69, 9.17) is 4.74 Å². The van der Waals surface area contributed by atoms with Crippen LogP contribution < -0.4 is 10.2 Å². The Morgan fingerprint density at radius 3 is 3.10 bits per heavy atom. The largest absolute Gasteiger partial charge is 0.481 e. The van der Waals surface area contributed by atoms with E-state index < -0.39 is 5.82 Å². The van der Waals surface area contributed by atoms with Crippen LogP contribution in [0.1, 0.15) is 12.8 Å². The number of para-hydroxylation sites is 1. The van der Waals surface area contributed by atoms with Crippen LogP contribution in [0.3, 0.4) is 0 Å². The first-order valence-corrected chi connectivity index (χ1v) is 6.63. The first kappa shape index (κ1) is 12.8. The van der Waals surface area contributed by atoms with Gasteiger partial charge in [-0.25, -0.2) is 9.82 Å². The number of nitrogens with one attached hydrogen (secondary N) is 1. The van der Waals surface area contributed by atoms with Gasteiger partial charge in [0.05, 0.1) is 0 Å². The van der Waals surface area contributed by atoms with Crippen molar-refractivity contribution in [2.45, 2.75) is 12.8 Å². The third-order valence-electron chi connectivity index (χ3n) is 3.68. The van der Waals surface area contributed by atoms with Crippen molar-refractivity contribution < 1.29 is 13.9 Å². The van der Waals surface area contributed by atoms with E-state index in [0.29, 0.717) is 11.8 Å². The van der Waals surface area contributed by atoms with Gasteiger partial charge in [-0.1, -0.05) is 24.3 Å². The number of hydrazone groups is 1. The highest BCUT2D eigenvalue weighted by molar-refractivity contribution is 5.94. The van der Waals surface area contributed by atoms with Crippen molar-refractivity contribution in [3.63, 3.8) is 0 Å². The van der Waals surface area contributed by atoms with Crippen LogP contribution in [0.2, 0.25) is 0 Å². The topological polar surface area (TPSA) is 50.7 Å². The van der Waals surface area contributed by atoms with Gasteiger partial charge in [0.1, 0.15) is 0 Å². The summed E-state index contributed by atoms with van der Waals surface area (Å²) in [5, 5.41) is 4.11. The van der Waals surface area contributed by atoms with Crippen LogP contribution in [-0.2, 0) is 4.79 Å². The second-order valence-electron chi connectivity index (χ2n) is 5.00. The average Bonchev–Trinajstić information content (AvgIpc) is 2.80. The number of hydrogen-bond acceptors (Lipinski definition) is 3. The van der Waals surface area contributed by atoms with E-state index in [-0.39, 0.29) is 18.3 Å². The monoisotopic (exact) mass is 274 g/mol. The highest BCUT2D eigenvalue weighted by Crippen LogP contribution is 2.39. The molecule has 1 N–H and O–H groups in total. The van der Waals surface area contributed by atoms with Crippen molar-refractivity contribution >= 4 is 11.6 Å². The number of halogens is 1. The van der Waals surface area contributed by atoms with Gasteiger partial charge in [-0.2, -0.15) is 5.10 Å². The molecular weight excluding hydrogens is 259 g/mol. The Balaban J connectivity index is 1.46. The van der Waals surface area contributed by atoms with Gasteiger partial charge in [0.2, 0.25) is 0 Å². The highest BCUT2D eigenvalue weighted by Gasteiger charge is 2.37. The van der Waals surface area contributed by atoms with E-state index in [1.165, 1.54) is 12.1 Å². The molecule has 1 aromatic carbocycles. The first-order chi connectivity index (χ1) is 9.74. The molecule has 2 atom stereocenters.